The number of phenols is 4. The Hall–Kier alpha value is -3.15. The Morgan fingerprint density at radius 1 is 0.955 bits per heavy atom. The second-order valence-corrected chi connectivity index (χ2v) is 4.90. The number of benzene rings is 2. The molecule has 0 fully saturated rings. The van der Waals surface area contributed by atoms with Gasteiger partial charge in [0.15, 0.2) is 28.8 Å². The van der Waals surface area contributed by atoms with Crippen LogP contribution in [0.2, 0.25) is 0 Å². The number of carbonyl (C=O) groups excluding carboxylic acids is 1. The molecule has 1 heterocycles. The summed E-state index contributed by atoms with van der Waals surface area (Å²) in [4.78, 5) is 12.3. The Balaban J connectivity index is 2.11. The maximum atomic E-state index is 12.3. The molecule has 0 saturated heterocycles. The predicted molar refractivity (Wildman–Crippen MR) is 77.1 cm³/mol. The first-order valence-electron chi connectivity index (χ1n) is 6.41. The first-order valence-corrected chi connectivity index (χ1v) is 6.41. The summed E-state index contributed by atoms with van der Waals surface area (Å²) in [5, 5.41) is 38.1. The van der Waals surface area contributed by atoms with Crippen molar-refractivity contribution in [3.05, 3.63) is 47.2 Å². The molecule has 2 aromatic carbocycles. The van der Waals surface area contributed by atoms with E-state index in [-0.39, 0.29) is 34.3 Å². The molecule has 4 N–H and O–H groups in total. The molecule has 0 aliphatic carbocycles. The number of allylic oxidation sites excluding steroid dienone is 2. The van der Waals surface area contributed by atoms with Crippen molar-refractivity contribution in [3.63, 3.8) is 0 Å². The number of ketones is 1. The van der Waals surface area contributed by atoms with Crippen molar-refractivity contribution in [3.8, 4) is 28.7 Å². The van der Waals surface area contributed by atoms with Gasteiger partial charge in [0.05, 0.1) is 5.56 Å². The fourth-order valence-electron chi connectivity index (χ4n) is 2.25. The van der Waals surface area contributed by atoms with Gasteiger partial charge in [-0.05, 0) is 36.8 Å². The minimum absolute atomic E-state index is 0.0130. The van der Waals surface area contributed by atoms with Gasteiger partial charge in [-0.1, -0.05) is 6.07 Å². The number of Topliss-reactive ketones (excluding diaryl/α,β-unsaturated/α-hetero) is 1. The van der Waals surface area contributed by atoms with Crippen molar-refractivity contribution in [2.75, 3.05) is 0 Å². The normalized spacial score (nSPS) is 15.4. The molecule has 0 radical (unpaired) electrons. The first-order chi connectivity index (χ1) is 10.4. The fraction of sp³-hybridized carbons (Fsp3) is 0.0625. The van der Waals surface area contributed by atoms with Crippen LogP contribution in [-0.4, -0.2) is 26.2 Å². The van der Waals surface area contributed by atoms with Crippen LogP contribution in [0.4, 0.5) is 0 Å². The average Bonchev–Trinajstić information content (AvgIpc) is 2.83. The summed E-state index contributed by atoms with van der Waals surface area (Å²) < 4.78 is 5.39. The van der Waals surface area contributed by atoms with E-state index in [9.17, 15) is 25.2 Å². The third-order valence-corrected chi connectivity index (χ3v) is 3.51. The highest BCUT2D eigenvalue weighted by molar-refractivity contribution is 6.16. The summed E-state index contributed by atoms with van der Waals surface area (Å²) in [7, 11) is 0. The zero-order chi connectivity index (χ0) is 16.0. The van der Waals surface area contributed by atoms with Crippen molar-refractivity contribution in [2.24, 2.45) is 0 Å². The number of phenolic OH excluding ortho intramolecular Hbond substituents is 4. The molecule has 6 nitrogen and oxygen atoms in total. The van der Waals surface area contributed by atoms with Crippen LogP contribution in [0.15, 0.2) is 36.1 Å². The Bertz CT molecular complexity index is 835. The molecule has 112 valence electrons. The average molecular weight is 300 g/mol. The minimum atomic E-state index is -0.498. The Morgan fingerprint density at radius 2 is 1.64 bits per heavy atom. The third kappa shape index (κ3) is 1.93. The standard InChI is InChI=1S/C16H12O6/c1-7(8-2-4-10(17)12(19)6-8)15-13(20)9-3-5-11(18)14(21)16(9)22-15/h2-6,17-19,21H,1H3. The van der Waals surface area contributed by atoms with E-state index in [0.717, 1.165) is 0 Å². The Labute approximate surface area is 125 Å². The molecule has 0 atom stereocenters. The monoisotopic (exact) mass is 300 g/mol. The SMILES string of the molecule is CC(=C1Oc2c(ccc(O)c2O)C1=O)c1ccc(O)c(O)c1. The first kappa shape index (κ1) is 13.8. The van der Waals surface area contributed by atoms with Gasteiger partial charge >= 0.3 is 0 Å². The molecule has 22 heavy (non-hydrogen) atoms. The molecular formula is C16H12O6. The van der Waals surface area contributed by atoms with Crippen LogP contribution < -0.4 is 4.74 Å². The summed E-state index contributed by atoms with van der Waals surface area (Å²) >= 11 is 0. The molecule has 0 saturated carbocycles. The smallest absolute Gasteiger partial charge is 0.232 e. The summed E-state index contributed by atoms with van der Waals surface area (Å²) in [5.74, 6) is -2.01. The lowest BCUT2D eigenvalue weighted by molar-refractivity contribution is 0.101. The summed E-state index contributed by atoms with van der Waals surface area (Å²) in [6.45, 7) is 1.61. The van der Waals surface area contributed by atoms with Gasteiger partial charge in [-0.25, -0.2) is 0 Å². The van der Waals surface area contributed by atoms with E-state index in [2.05, 4.69) is 0 Å². The van der Waals surface area contributed by atoms with E-state index in [0.29, 0.717) is 11.1 Å². The van der Waals surface area contributed by atoms with Crippen molar-refractivity contribution in [1.82, 2.24) is 0 Å². The lowest BCUT2D eigenvalue weighted by Crippen LogP contribution is -2.01. The van der Waals surface area contributed by atoms with Crippen LogP contribution in [0.1, 0.15) is 22.8 Å². The molecule has 0 bridgehead atoms. The molecule has 1 aliphatic heterocycles. The number of hydrogen-bond acceptors (Lipinski definition) is 6. The fourth-order valence-corrected chi connectivity index (χ4v) is 2.25. The maximum absolute atomic E-state index is 12.3. The van der Waals surface area contributed by atoms with Crippen LogP contribution in [0.5, 0.6) is 28.7 Å². The highest BCUT2D eigenvalue weighted by Gasteiger charge is 2.33. The van der Waals surface area contributed by atoms with E-state index < -0.39 is 11.5 Å². The molecule has 0 aromatic heterocycles. The van der Waals surface area contributed by atoms with Crippen LogP contribution in [0.25, 0.3) is 5.57 Å². The van der Waals surface area contributed by atoms with Crippen molar-refractivity contribution >= 4 is 11.4 Å². The van der Waals surface area contributed by atoms with E-state index in [1.807, 2.05) is 0 Å². The van der Waals surface area contributed by atoms with Gasteiger partial charge in [0.2, 0.25) is 11.5 Å². The van der Waals surface area contributed by atoms with Gasteiger partial charge in [-0.2, -0.15) is 0 Å². The van der Waals surface area contributed by atoms with Gasteiger partial charge in [0.1, 0.15) is 0 Å². The van der Waals surface area contributed by atoms with Gasteiger partial charge in [0, 0.05) is 5.57 Å². The largest absolute Gasteiger partial charge is 0.504 e. The summed E-state index contributed by atoms with van der Waals surface area (Å²) in [6, 6.07) is 6.69. The van der Waals surface area contributed by atoms with Crippen molar-refractivity contribution < 1.29 is 30.0 Å². The highest BCUT2D eigenvalue weighted by Crippen LogP contribution is 2.45. The second-order valence-electron chi connectivity index (χ2n) is 4.90. The third-order valence-electron chi connectivity index (χ3n) is 3.51. The lowest BCUT2D eigenvalue weighted by atomic mass is 10.0. The van der Waals surface area contributed by atoms with Gasteiger partial charge in [0.25, 0.3) is 0 Å². The summed E-state index contributed by atoms with van der Waals surface area (Å²) in [5.41, 5.74) is 1.05. The number of rotatable bonds is 1. The van der Waals surface area contributed by atoms with Crippen LogP contribution in [-0.2, 0) is 0 Å². The number of ether oxygens (including phenoxy) is 1. The van der Waals surface area contributed by atoms with Crippen LogP contribution in [0.3, 0.4) is 0 Å². The lowest BCUT2D eigenvalue weighted by Gasteiger charge is -2.07. The zero-order valence-electron chi connectivity index (χ0n) is 11.5. The highest BCUT2D eigenvalue weighted by atomic mass is 16.5. The maximum Gasteiger partial charge on any atom is 0.232 e. The van der Waals surface area contributed by atoms with Crippen molar-refractivity contribution in [1.29, 1.82) is 0 Å². The molecule has 6 heteroatoms. The topological polar surface area (TPSA) is 107 Å². The Kier molecular flexibility index (Phi) is 2.95. The minimum Gasteiger partial charge on any atom is -0.504 e. The molecule has 3 rings (SSSR count). The number of aromatic hydroxyl groups is 4. The quantitative estimate of drug-likeness (QED) is 0.476. The van der Waals surface area contributed by atoms with Gasteiger partial charge < -0.3 is 25.2 Å². The number of fused-ring (bicyclic) bond motifs is 1. The molecule has 0 unspecified atom stereocenters. The number of hydrogen-bond donors (Lipinski definition) is 4. The summed E-state index contributed by atoms with van der Waals surface area (Å²) in [6.07, 6.45) is 0. The zero-order valence-corrected chi connectivity index (χ0v) is 11.5. The molecular weight excluding hydrogens is 288 g/mol. The van der Waals surface area contributed by atoms with E-state index >= 15 is 0 Å². The second kappa shape index (κ2) is 4.70. The van der Waals surface area contributed by atoms with Crippen LogP contribution in [0, 0.1) is 0 Å². The van der Waals surface area contributed by atoms with E-state index in [4.69, 9.17) is 4.74 Å². The molecule has 0 amide bonds. The Morgan fingerprint density at radius 3 is 2.32 bits per heavy atom. The molecule has 1 aliphatic rings. The predicted octanol–water partition coefficient (Wildman–Crippen LogP) is 2.52. The van der Waals surface area contributed by atoms with Gasteiger partial charge in [-0.15, -0.1) is 0 Å². The number of carbonyl (C=O) groups is 1. The molecule has 2 aromatic rings. The van der Waals surface area contributed by atoms with Crippen molar-refractivity contribution in [2.45, 2.75) is 6.92 Å². The van der Waals surface area contributed by atoms with E-state index in [1.54, 1.807) is 6.92 Å². The van der Waals surface area contributed by atoms with Crippen LogP contribution >= 0.6 is 0 Å². The van der Waals surface area contributed by atoms with Gasteiger partial charge in [-0.3, -0.25) is 4.79 Å². The van der Waals surface area contributed by atoms with E-state index in [1.165, 1.54) is 30.3 Å². The molecule has 0 spiro atoms.